The normalized spacial score (nSPS) is 20.7. The summed E-state index contributed by atoms with van der Waals surface area (Å²) < 4.78 is 63.8. The highest BCUT2D eigenvalue weighted by Crippen LogP contribution is 2.50. The maximum atomic E-state index is 12.5. The van der Waals surface area contributed by atoms with Crippen LogP contribution in [-0.2, 0) is 70.9 Å². The van der Waals surface area contributed by atoms with Gasteiger partial charge in [0.15, 0.2) is 17.7 Å². The summed E-state index contributed by atoms with van der Waals surface area (Å²) in [5, 5.41) is 34.1. The standard InChI is InChI=1S/C31H52N7O21P3S/c1-4-5-6-7-8-9-10-11-22(40)63-15-14-33-21(39)12-13-34-29(43)26(42)31(2,3)17-51-55-57-62(49,50)59-56-58-61(47,48)52-16-20-25(54-60(44,45)46)24(41)30(53-20)38-19-37-23-27(32)35-18-36-28(23)38/h10-11,18-20,24-26,30,41-42H,4-9,12-17H2,1-3H3,(H,33,39)(H,34,43)(H,47,48)(H,49,50)(H2,32,35,36)(H2,44,45,46)/b11-10+. The summed E-state index contributed by atoms with van der Waals surface area (Å²) in [4.78, 5) is 91.2. The van der Waals surface area contributed by atoms with Gasteiger partial charge in [-0.1, -0.05) is 83.4 Å². The molecule has 0 saturated carbocycles. The first-order chi connectivity index (χ1) is 29.6. The van der Waals surface area contributed by atoms with Crippen molar-refractivity contribution in [2.75, 3.05) is 37.8 Å². The quantitative estimate of drug-likeness (QED) is 0.0175. The number of aliphatic hydroxyl groups is 2. The van der Waals surface area contributed by atoms with Crippen LogP contribution in [0.3, 0.4) is 0 Å². The van der Waals surface area contributed by atoms with Crippen LogP contribution in [-0.4, -0.2) is 123 Å². The molecule has 0 spiro atoms. The zero-order valence-electron chi connectivity index (χ0n) is 34.1. The van der Waals surface area contributed by atoms with Crippen LogP contribution >= 0.6 is 35.2 Å². The Labute approximate surface area is 363 Å². The zero-order valence-corrected chi connectivity index (χ0v) is 37.6. The highest BCUT2D eigenvalue weighted by molar-refractivity contribution is 8.14. The van der Waals surface area contributed by atoms with Crippen molar-refractivity contribution in [3.63, 3.8) is 0 Å². The molecule has 10 N–H and O–H groups in total. The number of anilines is 1. The molecule has 2 aromatic heterocycles. The van der Waals surface area contributed by atoms with E-state index >= 15 is 0 Å². The van der Waals surface area contributed by atoms with Gasteiger partial charge in [0.2, 0.25) is 16.9 Å². The van der Waals surface area contributed by atoms with Gasteiger partial charge >= 0.3 is 23.5 Å². The molecule has 7 atom stereocenters. The summed E-state index contributed by atoms with van der Waals surface area (Å²) in [6, 6.07) is 0. The Morgan fingerprint density at radius 3 is 2.41 bits per heavy atom. The van der Waals surface area contributed by atoms with Gasteiger partial charge in [0, 0.05) is 30.7 Å². The lowest BCUT2D eigenvalue weighted by molar-refractivity contribution is -0.495. The zero-order chi connectivity index (χ0) is 46.8. The van der Waals surface area contributed by atoms with Gasteiger partial charge in [-0.05, 0) is 24.0 Å². The van der Waals surface area contributed by atoms with Crippen LogP contribution < -0.4 is 16.4 Å². The summed E-state index contributed by atoms with van der Waals surface area (Å²) >= 11 is 1.06. The Balaban J connectivity index is 1.33. The number of phosphoric acid groups is 3. The molecule has 32 heteroatoms. The molecular formula is C31H52N7O21P3S. The molecule has 3 rings (SSSR count). The molecule has 1 aliphatic heterocycles. The molecular weight excluding hydrogens is 931 g/mol. The molecule has 0 aromatic carbocycles. The number of fused-ring (bicyclic) bond motifs is 1. The van der Waals surface area contributed by atoms with Crippen LogP contribution in [0.25, 0.3) is 11.2 Å². The second-order valence-corrected chi connectivity index (χ2v) is 19.0. The predicted octanol–water partition coefficient (Wildman–Crippen LogP) is 1.31. The molecule has 7 unspecified atom stereocenters. The van der Waals surface area contributed by atoms with Gasteiger partial charge in [0.25, 0.3) is 0 Å². The predicted molar refractivity (Wildman–Crippen MR) is 214 cm³/mol. The fourth-order valence-corrected chi connectivity index (χ4v) is 7.27. The van der Waals surface area contributed by atoms with Gasteiger partial charge < -0.3 is 46.0 Å². The topological polar surface area (TPSA) is 401 Å². The summed E-state index contributed by atoms with van der Waals surface area (Å²) in [6.07, 6.45) is 3.16. The van der Waals surface area contributed by atoms with E-state index in [2.05, 4.69) is 70.5 Å². The largest absolute Gasteiger partial charge is 0.531 e. The van der Waals surface area contributed by atoms with Gasteiger partial charge in [-0.15, -0.1) is 0 Å². The number of aromatic nitrogens is 4. The number of ether oxygens (including phenoxy) is 1. The third-order valence-corrected chi connectivity index (χ3v) is 11.1. The fourth-order valence-electron chi connectivity index (χ4n) is 5.31. The Hall–Kier alpha value is -2.86. The smallest absolute Gasteiger partial charge is 0.386 e. The SMILES string of the molecule is CCCCCCC/C=C/C(=O)SCCNC(=O)CCNC(=O)C(O)C(C)(C)COOOP(=O)(O)OOOP(=O)(O)OCC1OC(n2cnc3c(N)ncnc32)C(O)C1OP(=O)(O)O. The number of thioether (sulfide) groups is 1. The maximum absolute atomic E-state index is 12.5. The molecule has 63 heavy (non-hydrogen) atoms. The lowest BCUT2D eigenvalue weighted by atomic mass is 9.87. The van der Waals surface area contributed by atoms with Crippen molar-refractivity contribution in [3.8, 4) is 0 Å². The third kappa shape index (κ3) is 19.3. The second-order valence-electron chi connectivity index (χ2n) is 14.1. The number of nitrogens with zero attached hydrogens (tertiary/aromatic N) is 4. The van der Waals surface area contributed by atoms with E-state index in [0.717, 1.165) is 54.7 Å². The van der Waals surface area contributed by atoms with Gasteiger partial charge in [-0.2, -0.15) is 0 Å². The molecule has 0 aliphatic carbocycles. The Kier molecular flexibility index (Phi) is 22.2. The van der Waals surface area contributed by atoms with E-state index in [1.54, 1.807) is 0 Å². The lowest BCUT2D eigenvalue weighted by Gasteiger charge is -2.28. The Morgan fingerprint density at radius 2 is 1.70 bits per heavy atom. The number of allylic oxidation sites excluding steroid dienone is 1. The lowest BCUT2D eigenvalue weighted by Crippen LogP contribution is -2.46. The highest BCUT2D eigenvalue weighted by Gasteiger charge is 2.50. The summed E-state index contributed by atoms with van der Waals surface area (Å²) in [7, 11) is -16.2. The monoisotopic (exact) mass is 983 g/mol. The van der Waals surface area contributed by atoms with E-state index < -0.39 is 84.6 Å². The van der Waals surface area contributed by atoms with Crippen LogP contribution in [0.1, 0.15) is 71.9 Å². The number of nitrogen functional groups attached to an aromatic ring is 1. The summed E-state index contributed by atoms with van der Waals surface area (Å²) in [5.74, 6) is -1.01. The first-order valence-corrected chi connectivity index (χ1v) is 24.5. The van der Waals surface area contributed by atoms with E-state index in [-0.39, 0.29) is 41.6 Å². The Morgan fingerprint density at radius 1 is 1.00 bits per heavy atom. The fraction of sp³-hybridized carbons (Fsp3) is 0.677. The van der Waals surface area contributed by atoms with Crippen molar-refractivity contribution < 1.29 is 101 Å². The minimum absolute atomic E-state index is 0.0263. The number of rotatable bonds is 30. The number of phosphoric ester groups is 2. The number of nitrogens with two attached hydrogens (primary N) is 1. The number of hydrogen-bond acceptors (Lipinski definition) is 22. The van der Waals surface area contributed by atoms with Crippen LogP contribution in [0.15, 0.2) is 24.8 Å². The number of nitrogens with one attached hydrogen (secondary N) is 2. The number of hydrogen-bond donors (Lipinski definition) is 9. The van der Waals surface area contributed by atoms with Crippen molar-refractivity contribution in [2.45, 2.75) is 96.4 Å². The summed E-state index contributed by atoms with van der Waals surface area (Å²) in [5.41, 5.74) is 4.42. The molecule has 1 saturated heterocycles. The molecule has 0 radical (unpaired) electrons. The van der Waals surface area contributed by atoms with Crippen LogP contribution in [0.2, 0.25) is 0 Å². The van der Waals surface area contributed by atoms with Crippen molar-refractivity contribution >= 4 is 69.1 Å². The Bertz CT molecular complexity index is 1970. The summed E-state index contributed by atoms with van der Waals surface area (Å²) in [6.45, 7) is 3.13. The highest BCUT2D eigenvalue weighted by atomic mass is 32.2. The number of carbonyl (C=O) groups excluding carboxylic acids is 3. The molecule has 0 bridgehead atoms. The third-order valence-electron chi connectivity index (χ3n) is 8.52. The minimum atomic E-state index is -5.47. The van der Waals surface area contributed by atoms with Crippen LogP contribution in [0.4, 0.5) is 5.82 Å². The van der Waals surface area contributed by atoms with Gasteiger partial charge in [0.1, 0.15) is 36.3 Å². The van der Waals surface area contributed by atoms with E-state index in [4.69, 9.17) is 10.5 Å². The number of carbonyl (C=O) groups is 3. The molecule has 2 aromatic rings. The first kappa shape index (κ1) is 54.5. The van der Waals surface area contributed by atoms with E-state index in [1.807, 2.05) is 6.08 Å². The molecule has 358 valence electrons. The molecule has 28 nitrogen and oxygen atoms in total. The van der Waals surface area contributed by atoms with Gasteiger partial charge in [0.05, 0.1) is 19.5 Å². The minimum Gasteiger partial charge on any atom is -0.386 e. The van der Waals surface area contributed by atoms with E-state index in [1.165, 1.54) is 32.8 Å². The van der Waals surface area contributed by atoms with Gasteiger partial charge in [-0.3, -0.25) is 32.9 Å². The number of unbranched alkanes of at least 4 members (excludes halogenated alkanes) is 5. The first-order valence-electron chi connectivity index (χ1n) is 18.9. The number of amides is 2. The number of aliphatic hydroxyl groups excluding tert-OH is 2. The van der Waals surface area contributed by atoms with E-state index in [9.17, 15) is 57.9 Å². The molecule has 3 heterocycles. The average molecular weight is 984 g/mol. The van der Waals surface area contributed by atoms with E-state index in [0.29, 0.717) is 5.75 Å². The molecule has 2 amide bonds. The maximum Gasteiger partial charge on any atom is 0.531 e. The second kappa shape index (κ2) is 25.7. The van der Waals surface area contributed by atoms with Crippen LogP contribution in [0, 0.1) is 5.41 Å². The van der Waals surface area contributed by atoms with Crippen molar-refractivity contribution in [3.05, 3.63) is 24.8 Å². The number of imidazole rings is 1. The van der Waals surface area contributed by atoms with Crippen molar-refractivity contribution in [1.82, 2.24) is 30.2 Å². The van der Waals surface area contributed by atoms with Crippen molar-refractivity contribution in [1.29, 1.82) is 0 Å². The van der Waals surface area contributed by atoms with Crippen molar-refractivity contribution in [2.24, 2.45) is 5.41 Å². The average Bonchev–Trinajstić information content (AvgIpc) is 3.76. The van der Waals surface area contributed by atoms with Gasteiger partial charge in [-0.25, -0.2) is 33.5 Å². The molecule has 1 aliphatic rings. The molecule has 1 fully saturated rings. The van der Waals surface area contributed by atoms with Crippen LogP contribution in [0.5, 0.6) is 0 Å².